The van der Waals surface area contributed by atoms with Crippen LogP contribution in [0.5, 0.6) is 0 Å². The zero-order valence-corrected chi connectivity index (χ0v) is 15.3. The largest absolute Gasteiger partial charge is 0.375 e. The number of pyridine rings is 1. The van der Waals surface area contributed by atoms with E-state index >= 15 is 0 Å². The van der Waals surface area contributed by atoms with Crippen molar-refractivity contribution in [2.45, 2.75) is 25.5 Å². The van der Waals surface area contributed by atoms with Crippen LogP contribution in [0.3, 0.4) is 0 Å². The fraction of sp³-hybridized carbons (Fsp3) is 0.333. The number of hydrogen-bond donors (Lipinski definition) is 1. The average molecular weight is 364 g/mol. The molecule has 1 N–H and O–H groups in total. The topological polar surface area (TPSA) is 58.9 Å². The zero-order valence-electron chi connectivity index (χ0n) is 15.3. The van der Waals surface area contributed by atoms with E-state index < -0.39 is 0 Å². The molecule has 6 heteroatoms. The summed E-state index contributed by atoms with van der Waals surface area (Å²) in [5.74, 6) is 0. The summed E-state index contributed by atoms with van der Waals surface area (Å²) in [6, 6.07) is 14.3. The van der Waals surface area contributed by atoms with E-state index in [2.05, 4.69) is 34.6 Å². The Hall–Kier alpha value is -2.86. The lowest BCUT2D eigenvalue weighted by Crippen LogP contribution is -2.49. The van der Waals surface area contributed by atoms with Crippen LogP contribution in [0.1, 0.15) is 17.5 Å². The van der Waals surface area contributed by atoms with Gasteiger partial charge in [-0.15, -0.1) is 0 Å². The number of aromatic nitrogens is 2. The van der Waals surface area contributed by atoms with Crippen LogP contribution in [-0.2, 0) is 17.7 Å². The molecule has 27 heavy (non-hydrogen) atoms. The highest BCUT2D eigenvalue weighted by molar-refractivity contribution is 5.74. The molecule has 1 unspecified atom stereocenters. The number of amides is 2. The van der Waals surface area contributed by atoms with E-state index in [1.165, 1.54) is 5.56 Å². The Labute approximate surface area is 158 Å². The molecule has 0 saturated carbocycles. The Balaban J connectivity index is 1.27. The number of urea groups is 1. The third kappa shape index (κ3) is 4.46. The van der Waals surface area contributed by atoms with Gasteiger partial charge in [0.25, 0.3) is 0 Å². The van der Waals surface area contributed by atoms with Crippen molar-refractivity contribution in [1.29, 1.82) is 0 Å². The molecule has 2 amide bonds. The fourth-order valence-electron chi connectivity index (χ4n) is 3.40. The number of nitrogens with zero attached hydrogens (tertiary/aromatic N) is 3. The molecular weight excluding hydrogens is 340 g/mol. The van der Waals surface area contributed by atoms with Crippen molar-refractivity contribution in [3.8, 4) is 0 Å². The maximum atomic E-state index is 12.5. The first-order valence-corrected chi connectivity index (χ1v) is 9.38. The quantitative estimate of drug-likeness (QED) is 0.757. The van der Waals surface area contributed by atoms with Crippen LogP contribution in [0, 0.1) is 0 Å². The minimum absolute atomic E-state index is 0.0359. The molecule has 140 valence electrons. The van der Waals surface area contributed by atoms with E-state index in [0.717, 1.165) is 24.1 Å². The van der Waals surface area contributed by atoms with Gasteiger partial charge in [-0.1, -0.05) is 30.3 Å². The van der Waals surface area contributed by atoms with Crippen molar-refractivity contribution < 1.29 is 9.53 Å². The van der Waals surface area contributed by atoms with Gasteiger partial charge in [0.2, 0.25) is 0 Å². The number of rotatable bonds is 5. The SMILES string of the molecule is O=C(NCc1ccn2ccnc2c1)N1CCOC(CCc2ccccc2)C1. The van der Waals surface area contributed by atoms with Crippen molar-refractivity contribution in [3.05, 3.63) is 72.2 Å². The zero-order chi connectivity index (χ0) is 18.5. The number of carbonyl (C=O) groups excluding carboxylic acids is 1. The number of hydrogen-bond acceptors (Lipinski definition) is 3. The Morgan fingerprint density at radius 3 is 2.96 bits per heavy atom. The normalized spacial score (nSPS) is 17.2. The van der Waals surface area contributed by atoms with Crippen LogP contribution < -0.4 is 5.32 Å². The number of aryl methyl sites for hydroxylation is 1. The van der Waals surface area contributed by atoms with Crippen LogP contribution in [0.2, 0.25) is 0 Å². The smallest absolute Gasteiger partial charge is 0.317 e. The summed E-state index contributed by atoms with van der Waals surface area (Å²) < 4.78 is 7.80. The molecule has 3 aromatic rings. The molecular formula is C21H24N4O2. The first-order valence-electron chi connectivity index (χ1n) is 9.38. The molecule has 1 saturated heterocycles. The Morgan fingerprint density at radius 2 is 2.07 bits per heavy atom. The number of morpholine rings is 1. The van der Waals surface area contributed by atoms with Crippen LogP contribution in [0.15, 0.2) is 61.1 Å². The Kier molecular flexibility index (Phi) is 5.34. The number of nitrogens with one attached hydrogen (secondary N) is 1. The molecule has 3 heterocycles. The average Bonchev–Trinajstić information content (AvgIpc) is 3.19. The summed E-state index contributed by atoms with van der Waals surface area (Å²) in [6.45, 7) is 2.35. The summed E-state index contributed by atoms with van der Waals surface area (Å²) in [6.07, 6.45) is 7.60. The highest BCUT2D eigenvalue weighted by Crippen LogP contribution is 2.13. The van der Waals surface area contributed by atoms with Crippen molar-refractivity contribution in [2.24, 2.45) is 0 Å². The second kappa shape index (κ2) is 8.22. The van der Waals surface area contributed by atoms with Gasteiger partial charge in [0, 0.05) is 38.2 Å². The highest BCUT2D eigenvalue weighted by atomic mass is 16.5. The summed E-state index contributed by atoms with van der Waals surface area (Å²) in [7, 11) is 0. The molecule has 1 aliphatic rings. The lowest BCUT2D eigenvalue weighted by atomic mass is 10.1. The van der Waals surface area contributed by atoms with E-state index in [-0.39, 0.29) is 12.1 Å². The molecule has 1 atom stereocenters. The van der Waals surface area contributed by atoms with E-state index in [1.807, 2.05) is 39.9 Å². The minimum atomic E-state index is -0.0359. The van der Waals surface area contributed by atoms with Gasteiger partial charge in [0.15, 0.2) is 0 Å². The van der Waals surface area contributed by atoms with Crippen LogP contribution in [0.4, 0.5) is 4.79 Å². The lowest BCUT2D eigenvalue weighted by molar-refractivity contribution is -0.0176. The Morgan fingerprint density at radius 1 is 1.19 bits per heavy atom. The predicted molar refractivity (Wildman–Crippen MR) is 104 cm³/mol. The molecule has 1 fully saturated rings. The van der Waals surface area contributed by atoms with E-state index in [1.54, 1.807) is 6.20 Å². The Bertz CT molecular complexity index is 893. The summed E-state index contributed by atoms with van der Waals surface area (Å²) in [5, 5.41) is 3.01. The van der Waals surface area contributed by atoms with Crippen LogP contribution in [0.25, 0.3) is 5.65 Å². The van der Waals surface area contributed by atoms with Gasteiger partial charge < -0.3 is 19.4 Å². The third-order valence-electron chi connectivity index (χ3n) is 4.93. The molecule has 4 rings (SSSR count). The summed E-state index contributed by atoms with van der Waals surface area (Å²) in [4.78, 5) is 18.7. The van der Waals surface area contributed by atoms with E-state index in [9.17, 15) is 4.79 Å². The number of fused-ring (bicyclic) bond motifs is 1. The molecule has 1 aromatic carbocycles. The molecule has 0 aliphatic carbocycles. The molecule has 0 spiro atoms. The van der Waals surface area contributed by atoms with E-state index in [4.69, 9.17) is 4.74 Å². The second-order valence-corrected chi connectivity index (χ2v) is 6.85. The van der Waals surface area contributed by atoms with Crippen molar-refractivity contribution >= 4 is 11.7 Å². The first-order chi connectivity index (χ1) is 13.3. The van der Waals surface area contributed by atoms with Crippen molar-refractivity contribution in [2.75, 3.05) is 19.7 Å². The van der Waals surface area contributed by atoms with Crippen LogP contribution >= 0.6 is 0 Å². The van der Waals surface area contributed by atoms with Gasteiger partial charge in [-0.25, -0.2) is 9.78 Å². The monoisotopic (exact) mass is 364 g/mol. The highest BCUT2D eigenvalue weighted by Gasteiger charge is 2.23. The lowest BCUT2D eigenvalue weighted by Gasteiger charge is -2.33. The second-order valence-electron chi connectivity index (χ2n) is 6.85. The fourth-order valence-corrected chi connectivity index (χ4v) is 3.40. The van der Waals surface area contributed by atoms with Gasteiger partial charge in [-0.2, -0.15) is 0 Å². The van der Waals surface area contributed by atoms with Crippen LogP contribution in [-0.4, -0.2) is 46.1 Å². The number of imidazole rings is 1. The minimum Gasteiger partial charge on any atom is -0.375 e. The molecule has 0 radical (unpaired) electrons. The number of carbonyl (C=O) groups is 1. The molecule has 6 nitrogen and oxygen atoms in total. The van der Waals surface area contributed by atoms with Crippen molar-refractivity contribution in [3.63, 3.8) is 0 Å². The molecule has 0 bridgehead atoms. The van der Waals surface area contributed by atoms with E-state index in [0.29, 0.717) is 26.2 Å². The van der Waals surface area contributed by atoms with Gasteiger partial charge in [-0.05, 0) is 36.1 Å². The van der Waals surface area contributed by atoms with Crippen molar-refractivity contribution in [1.82, 2.24) is 19.6 Å². The third-order valence-corrected chi connectivity index (χ3v) is 4.93. The predicted octanol–water partition coefficient (Wildman–Crippen LogP) is 2.88. The first kappa shape index (κ1) is 17.5. The maximum absolute atomic E-state index is 12.5. The number of benzene rings is 1. The molecule has 2 aromatic heterocycles. The van der Waals surface area contributed by atoms with Gasteiger partial charge in [0.1, 0.15) is 5.65 Å². The summed E-state index contributed by atoms with van der Waals surface area (Å²) in [5.41, 5.74) is 3.22. The maximum Gasteiger partial charge on any atom is 0.317 e. The standard InChI is InChI=1S/C21H24N4O2/c26-21(23-15-18-8-10-24-11-9-22-20(24)14-18)25-12-13-27-19(16-25)7-6-17-4-2-1-3-5-17/h1-5,8-11,14,19H,6-7,12-13,15-16H2,(H,23,26). The van der Waals surface area contributed by atoms with Gasteiger partial charge >= 0.3 is 6.03 Å². The van der Waals surface area contributed by atoms with Gasteiger partial charge in [0.05, 0.1) is 12.7 Å². The molecule has 1 aliphatic heterocycles. The number of ether oxygens (including phenoxy) is 1. The van der Waals surface area contributed by atoms with Gasteiger partial charge in [-0.3, -0.25) is 0 Å². The summed E-state index contributed by atoms with van der Waals surface area (Å²) >= 11 is 0.